The highest BCUT2D eigenvalue weighted by Gasteiger charge is 2.37. The van der Waals surface area contributed by atoms with Crippen molar-refractivity contribution in [3.8, 4) is 0 Å². The van der Waals surface area contributed by atoms with E-state index in [4.69, 9.17) is 11.6 Å². The van der Waals surface area contributed by atoms with Gasteiger partial charge in [-0.15, -0.1) is 0 Å². The molecular formula is C13H17ClFN. The van der Waals surface area contributed by atoms with Crippen molar-refractivity contribution >= 4 is 11.6 Å². The Morgan fingerprint density at radius 3 is 2.69 bits per heavy atom. The molecule has 1 saturated carbocycles. The summed E-state index contributed by atoms with van der Waals surface area (Å²) in [5.41, 5.74) is 1.20. The first-order valence-electron chi connectivity index (χ1n) is 5.68. The predicted molar refractivity (Wildman–Crippen MR) is 65.1 cm³/mol. The predicted octanol–water partition coefficient (Wildman–Crippen LogP) is 3.76. The van der Waals surface area contributed by atoms with Gasteiger partial charge >= 0.3 is 0 Å². The van der Waals surface area contributed by atoms with Crippen LogP contribution in [-0.4, -0.2) is 5.54 Å². The summed E-state index contributed by atoms with van der Waals surface area (Å²) in [6.07, 6.45) is 2.62. The lowest BCUT2D eigenvalue weighted by atomic mass is 9.98. The summed E-state index contributed by atoms with van der Waals surface area (Å²) in [5.74, 6) is 0.426. The molecule has 0 saturated heterocycles. The summed E-state index contributed by atoms with van der Waals surface area (Å²) >= 11 is 5.74. The van der Waals surface area contributed by atoms with E-state index in [2.05, 4.69) is 19.2 Å². The lowest BCUT2D eigenvalue weighted by Gasteiger charge is -2.26. The second-order valence-corrected chi connectivity index (χ2v) is 5.51. The molecule has 88 valence electrons. The maximum absolute atomic E-state index is 13.0. The second-order valence-electron chi connectivity index (χ2n) is 5.10. The Balaban J connectivity index is 1.96. The van der Waals surface area contributed by atoms with Gasteiger partial charge in [-0.2, -0.15) is 0 Å². The maximum Gasteiger partial charge on any atom is 0.141 e. The van der Waals surface area contributed by atoms with Crippen LogP contribution in [0.2, 0.25) is 5.02 Å². The van der Waals surface area contributed by atoms with Gasteiger partial charge in [0.05, 0.1) is 5.02 Å². The van der Waals surface area contributed by atoms with Crippen molar-refractivity contribution in [3.05, 3.63) is 34.6 Å². The monoisotopic (exact) mass is 241 g/mol. The molecule has 1 nitrogen and oxygen atoms in total. The topological polar surface area (TPSA) is 12.0 Å². The minimum absolute atomic E-state index is 0.168. The van der Waals surface area contributed by atoms with Crippen molar-refractivity contribution in [2.24, 2.45) is 5.92 Å². The Bertz CT molecular complexity index is 386. The first-order valence-corrected chi connectivity index (χ1v) is 6.06. The molecule has 1 aromatic carbocycles. The molecule has 0 atom stereocenters. The number of benzene rings is 1. The fraction of sp³-hybridized carbons (Fsp3) is 0.538. The van der Waals surface area contributed by atoms with Crippen molar-refractivity contribution in [3.63, 3.8) is 0 Å². The van der Waals surface area contributed by atoms with Crippen LogP contribution in [0.1, 0.15) is 32.3 Å². The van der Waals surface area contributed by atoms with Crippen LogP contribution in [0.5, 0.6) is 0 Å². The molecule has 1 aliphatic rings. The van der Waals surface area contributed by atoms with Crippen molar-refractivity contribution in [1.82, 2.24) is 5.32 Å². The van der Waals surface area contributed by atoms with Crippen LogP contribution in [0.3, 0.4) is 0 Å². The molecule has 2 rings (SSSR count). The fourth-order valence-corrected chi connectivity index (χ4v) is 2.13. The Hall–Kier alpha value is -0.600. The van der Waals surface area contributed by atoms with Gasteiger partial charge in [0.1, 0.15) is 5.82 Å². The van der Waals surface area contributed by atoms with Gasteiger partial charge in [0.25, 0.3) is 0 Å². The molecule has 1 N–H and O–H groups in total. The Kier molecular flexibility index (Phi) is 3.22. The summed E-state index contributed by atoms with van der Waals surface area (Å²) in [6, 6.07) is 4.88. The van der Waals surface area contributed by atoms with Crippen molar-refractivity contribution < 1.29 is 4.39 Å². The zero-order valence-electron chi connectivity index (χ0n) is 9.69. The molecule has 0 bridgehead atoms. The smallest absolute Gasteiger partial charge is 0.141 e. The van der Waals surface area contributed by atoms with Gasteiger partial charge in [-0.3, -0.25) is 0 Å². The minimum atomic E-state index is -0.355. The molecule has 1 aliphatic carbocycles. The summed E-state index contributed by atoms with van der Waals surface area (Å²) in [7, 11) is 0. The van der Waals surface area contributed by atoms with Crippen molar-refractivity contribution in [1.29, 1.82) is 0 Å². The summed E-state index contributed by atoms with van der Waals surface area (Å²) in [6.45, 7) is 5.18. The quantitative estimate of drug-likeness (QED) is 0.847. The van der Waals surface area contributed by atoms with Gasteiger partial charge in [0.15, 0.2) is 0 Å². The number of hydrogen-bond acceptors (Lipinski definition) is 1. The zero-order valence-corrected chi connectivity index (χ0v) is 10.4. The molecule has 0 radical (unpaired) electrons. The normalized spacial score (nSPS) is 16.5. The van der Waals surface area contributed by atoms with Crippen LogP contribution in [0.4, 0.5) is 4.39 Å². The highest BCUT2D eigenvalue weighted by molar-refractivity contribution is 6.30. The molecule has 0 unspecified atom stereocenters. The Morgan fingerprint density at radius 1 is 1.44 bits per heavy atom. The average molecular weight is 242 g/mol. The van der Waals surface area contributed by atoms with Crippen LogP contribution in [0.15, 0.2) is 18.2 Å². The van der Waals surface area contributed by atoms with Crippen LogP contribution in [0, 0.1) is 11.7 Å². The third-order valence-electron chi connectivity index (χ3n) is 3.33. The van der Waals surface area contributed by atoms with E-state index in [9.17, 15) is 4.39 Å². The molecule has 1 fully saturated rings. The number of halogens is 2. The van der Waals surface area contributed by atoms with E-state index in [0.29, 0.717) is 0 Å². The standard InChI is InChI=1S/C13H17ClFN/c1-13(2,10-4-5-10)16-8-9-3-6-12(15)11(14)7-9/h3,6-7,10,16H,4-5,8H2,1-2H3. The molecule has 1 aromatic rings. The molecule has 0 aliphatic heterocycles. The third kappa shape index (κ3) is 2.74. The molecule has 16 heavy (non-hydrogen) atoms. The second kappa shape index (κ2) is 4.34. The van der Waals surface area contributed by atoms with E-state index in [1.54, 1.807) is 12.1 Å². The highest BCUT2D eigenvalue weighted by Crippen LogP contribution is 2.39. The van der Waals surface area contributed by atoms with Gasteiger partial charge in [0, 0.05) is 12.1 Å². The number of hydrogen-bond donors (Lipinski definition) is 1. The van der Waals surface area contributed by atoms with Crippen LogP contribution in [-0.2, 0) is 6.54 Å². The largest absolute Gasteiger partial charge is 0.307 e. The molecule has 3 heteroatoms. The Morgan fingerprint density at radius 2 is 2.12 bits per heavy atom. The molecule has 0 spiro atoms. The molecule has 0 amide bonds. The van der Waals surface area contributed by atoms with Crippen molar-refractivity contribution in [2.75, 3.05) is 0 Å². The van der Waals surface area contributed by atoms with Gasteiger partial charge in [-0.1, -0.05) is 17.7 Å². The SMILES string of the molecule is CC(C)(NCc1ccc(F)c(Cl)c1)C1CC1. The van der Waals surface area contributed by atoms with Crippen LogP contribution < -0.4 is 5.32 Å². The van der Waals surface area contributed by atoms with E-state index >= 15 is 0 Å². The van der Waals surface area contributed by atoms with E-state index in [0.717, 1.165) is 18.0 Å². The first kappa shape index (κ1) is 11.9. The van der Waals surface area contributed by atoms with Gasteiger partial charge in [-0.05, 0) is 50.3 Å². The summed E-state index contributed by atoms with van der Waals surface area (Å²) < 4.78 is 13.0. The lowest BCUT2D eigenvalue weighted by Crippen LogP contribution is -2.40. The maximum atomic E-state index is 13.0. The summed E-state index contributed by atoms with van der Waals surface area (Å²) in [4.78, 5) is 0. The van der Waals surface area contributed by atoms with Crippen molar-refractivity contribution in [2.45, 2.75) is 38.8 Å². The molecule has 0 heterocycles. The van der Waals surface area contributed by atoms with Gasteiger partial charge in [-0.25, -0.2) is 4.39 Å². The van der Waals surface area contributed by atoms with E-state index < -0.39 is 0 Å². The van der Waals surface area contributed by atoms with Gasteiger partial charge < -0.3 is 5.32 Å². The number of nitrogens with one attached hydrogen (secondary N) is 1. The highest BCUT2D eigenvalue weighted by atomic mass is 35.5. The van der Waals surface area contributed by atoms with E-state index in [-0.39, 0.29) is 16.4 Å². The average Bonchev–Trinajstić information content (AvgIpc) is 3.03. The number of rotatable bonds is 4. The minimum Gasteiger partial charge on any atom is -0.307 e. The van der Waals surface area contributed by atoms with Crippen LogP contribution in [0.25, 0.3) is 0 Å². The zero-order chi connectivity index (χ0) is 11.8. The third-order valence-corrected chi connectivity index (χ3v) is 3.62. The molecular weight excluding hydrogens is 225 g/mol. The fourth-order valence-electron chi connectivity index (χ4n) is 1.93. The lowest BCUT2D eigenvalue weighted by molar-refractivity contribution is 0.339. The van der Waals surface area contributed by atoms with E-state index in [1.165, 1.54) is 18.9 Å². The van der Waals surface area contributed by atoms with Crippen LogP contribution >= 0.6 is 11.6 Å². The molecule has 0 aromatic heterocycles. The van der Waals surface area contributed by atoms with E-state index in [1.807, 2.05) is 0 Å². The summed E-state index contributed by atoms with van der Waals surface area (Å²) in [5, 5.41) is 3.70. The van der Waals surface area contributed by atoms with Gasteiger partial charge in [0.2, 0.25) is 0 Å². The first-order chi connectivity index (χ1) is 7.49. The Labute approximate surface area is 101 Å².